The molecule has 0 saturated carbocycles. The van der Waals surface area contributed by atoms with Crippen LogP contribution in [0.5, 0.6) is 0 Å². The Kier molecular flexibility index (Phi) is 5.02. The molecule has 1 aromatic heterocycles. The van der Waals surface area contributed by atoms with Crippen molar-refractivity contribution in [1.29, 1.82) is 0 Å². The molecular weight excluding hydrogens is 332 g/mol. The van der Waals surface area contributed by atoms with E-state index < -0.39 is 10.5 Å². The number of benzene rings is 2. The largest absolute Gasteiger partial charge is 0.423 e. The summed E-state index contributed by atoms with van der Waals surface area (Å²) >= 11 is 0. The normalized spacial score (nSPS) is 10.8. The number of non-ortho nitro benzene ring substituents is 1. The molecule has 0 atom stereocenters. The van der Waals surface area contributed by atoms with Crippen LogP contribution in [0.3, 0.4) is 0 Å². The third-order valence-corrected chi connectivity index (χ3v) is 4.48. The van der Waals surface area contributed by atoms with E-state index in [4.69, 9.17) is 4.42 Å². The van der Waals surface area contributed by atoms with Crippen molar-refractivity contribution in [3.63, 3.8) is 0 Å². The summed E-state index contributed by atoms with van der Waals surface area (Å²) in [6.07, 6.45) is 0.505. The maximum absolute atomic E-state index is 12.0. The van der Waals surface area contributed by atoms with Crippen LogP contribution in [0.15, 0.2) is 57.7 Å². The zero-order valence-corrected chi connectivity index (χ0v) is 14.8. The highest BCUT2D eigenvalue weighted by Gasteiger charge is 2.11. The van der Waals surface area contributed by atoms with E-state index in [2.05, 4.69) is 18.7 Å². The fourth-order valence-corrected chi connectivity index (χ4v) is 3.11. The van der Waals surface area contributed by atoms with Crippen LogP contribution in [0.1, 0.15) is 25.0 Å². The molecule has 3 rings (SSSR count). The van der Waals surface area contributed by atoms with Crippen LogP contribution < -0.4 is 10.5 Å². The highest BCUT2D eigenvalue weighted by molar-refractivity contribution is 5.84. The topological polar surface area (TPSA) is 76.6 Å². The zero-order chi connectivity index (χ0) is 18.7. The molecule has 0 aliphatic carbocycles. The molecule has 0 bridgehead atoms. The van der Waals surface area contributed by atoms with Crippen molar-refractivity contribution in [2.75, 3.05) is 18.0 Å². The van der Waals surface area contributed by atoms with E-state index in [1.165, 1.54) is 18.2 Å². The predicted octanol–water partition coefficient (Wildman–Crippen LogP) is 4.14. The molecule has 26 heavy (non-hydrogen) atoms. The number of hydrogen-bond acceptors (Lipinski definition) is 5. The van der Waals surface area contributed by atoms with E-state index in [0.717, 1.165) is 35.3 Å². The lowest BCUT2D eigenvalue weighted by Crippen LogP contribution is -2.21. The summed E-state index contributed by atoms with van der Waals surface area (Å²) < 4.78 is 5.40. The van der Waals surface area contributed by atoms with Gasteiger partial charge in [0.1, 0.15) is 5.58 Å². The van der Waals surface area contributed by atoms with Crippen molar-refractivity contribution in [3.8, 4) is 0 Å². The minimum absolute atomic E-state index is 0.0510. The first-order chi connectivity index (χ1) is 12.5. The Balaban J connectivity index is 2.00. The fraction of sp³-hybridized carbons (Fsp3) is 0.250. The number of rotatable bonds is 6. The second kappa shape index (κ2) is 7.39. The van der Waals surface area contributed by atoms with Gasteiger partial charge in [-0.3, -0.25) is 10.1 Å². The summed E-state index contributed by atoms with van der Waals surface area (Å²) in [5.74, 6) is 0. The fourth-order valence-electron chi connectivity index (χ4n) is 3.11. The molecule has 0 fully saturated rings. The third-order valence-electron chi connectivity index (χ3n) is 4.48. The quantitative estimate of drug-likeness (QED) is 0.378. The Hall–Kier alpha value is -3.15. The van der Waals surface area contributed by atoms with Crippen molar-refractivity contribution in [2.45, 2.75) is 20.3 Å². The van der Waals surface area contributed by atoms with Gasteiger partial charge in [-0.2, -0.15) is 0 Å². The van der Waals surface area contributed by atoms with Crippen LogP contribution in [-0.2, 0) is 6.42 Å². The van der Waals surface area contributed by atoms with E-state index in [9.17, 15) is 14.9 Å². The Morgan fingerprint density at radius 2 is 1.73 bits per heavy atom. The second-order valence-corrected chi connectivity index (χ2v) is 6.04. The smallest absolute Gasteiger partial charge is 0.336 e. The average molecular weight is 352 g/mol. The van der Waals surface area contributed by atoms with Gasteiger partial charge in [0, 0.05) is 48.4 Å². The van der Waals surface area contributed by atoms with Gasteiger partial charge in [0.15, 0.2) is 0 Å². The van der Waals surface area contributed by atoms with Gasteiger partial charge in [-0.15, -0.1) is 0 Å². The SMILES string of the molecule is CCN(CC)c1ccc2c(Cc3ccc([N+](=O)[O-])cc3)cc(=O)oc2c1. The van der Waals surface area contributed by atoms with Gasteiger partial charge >= 0.3 is 5.63 Å². The van der Waals surface area contributed by atoms with Gasteiger partial charge in [0.2, 0.25) is 0 Å². The summed E-state index contributed by atoms with van der Waals surface area (Å²) in [5, 5.41) is 11.6. The molecule has 134 valence electrons. The number of nitro groups is 1. The van der Waals surface area contributed by atoms with Crippen LogP contribution >= 0.6 is 0 Å². The van der Waals surface area contributed by atoms with Gasteiger partial charge in [-0.25, -0.2) is 4.79 Å². The molecule has 0 amide bonds. The highest BCUT2D eigenvalue weighted by Crippen LogP contribution is 2.25. The van der Waals surface area contributed by atoms with Crippen LogP contribution in [0.2, 0.25) is 0 Å². The highest BCUT2D eigenvalue weighted by atomic mass is 16.6. The van der Waals surface area contributed by atoms with E-state index in [1.54, 1.807) is 12.1 Å². The van der Waals surface area contributed by atoms with E-state index >= 15 is 0 Å². The summed E-state index contributed by atoms with van der Waals surface area (Å²) in [6.45, 7) is 5.90. The molecule has 0 aliphatic heterocycles. The van der Waals surface area contributed by atoms with Gasteiger partial charge < -0.3 is 9.32 Å². The van der Waals surface area contributed by atoms with Crippen LogP contribution in [0.25, 0.3) is 11.0 Å². The molecule has 1 heterocycles. The first kappa shape index (κ1) is 17.7. The Bertz CT molecular complexity index is 989. The summed E-state index contributed by atoms with van der Waals surface area (Å²) in [7, 11) is 0. The van der Waals surface area contributed by atoms with Crippen LogP contribution in [0, 0.1) is 10.1 Å². The molecule has 0 radical (unpaired) electrons. The van der Waals surface area contributed by atoms with E-state index in [0.29, 0.717) is 12.0 Å². The Morgan fingerprint density at radius 3 is 2.35 bits per heavy atom. The van der Waals surface area contributed by atoms with E-state index in [1.807, 2.05) is 18.2 Å². The van der Waals surface area contributed by atoms with Gasteiger partial charge in [-0.1, -0.05) is 12.1 Å². The van der Waals surface area contributed by atoms with Crippen molar-refractivity contribution < 1.29 is 9.34 Å². The number of fused-ring (bicyclic) bond motifs is 1. The van der Waals surface area contributed by atoms with Crippen molar-refractivity contribution in [2.24, 2.45) is 0 Å². The number of nitro benzene ring substituents is 1. The molecular formula is C20H20N2O4. The molecule has 2 aromatic carbocycles. The number of nitrogens with zero attached hydrogens (tertiary/aromatic N) is 2. The maximum atomic E-state index is 12.0. The molecule has 6 heteroatoms. The van der Waals surface area contributed by atoms with Crippen molar-refractivity contribution >= 4 is 22.3 Å². The molecule has 6 nitrogen and oxygen atoms in total. The Labute approximate surface area is 150 Å². The average Bonchev–Trinajstić information content (AvgIpc) is 2.63. The second-order valence-electron chi connectivity index (χ2n) is 6.04. The van der Waals surface area contributed by atoms with E-state index in [-0.39, 0.29) is 5.69 Å². The lowest BCUT2D eigenvalue weighted by molar-refractivity contribution is -0.384. The van der Waals surface area contributed by atoms with Crippen LogP contribution in [0.4, 0.5) is 11.4 Å². The first-order valence-electron chi connectivity index (χ1n) is 8.57. The molecule has 0 N–H and O–H groups in total. The minimum Gasteiger partial charge on any atom is -0.423 e. The lowest BCUT2D eigenvalue weighted by atomic mass is 10.0. The predicted molar refractivity (Wildman–Crippen MR) is 102 cm³/mol. The van der Waals surface area contributed by atoms with Crippen LogP contribution in [-0.4, -0.2) is 18.0 Å². The molecule has 0 unspecified atom stereocenters. The van der Waals surface area contributed by atoms with Gasteiger partial charge in [-0.05, 0) is 43.5 Å². The Morgan fingerprint density at radius 1 is 1.04 bits per heavy atom. The zero-order valence-electron chi connectivity index (χ0n) is 14.8. The third kappa shape index (κ3) is 3.59. The lowest BCUT2D eigenvalue weighted by Gasteiger charge is -2.21. The molecule has 3 aromatic rings. The molecule has 0 saturated heterocycles. The number of anilines is 1. The summed E-state index contributed by atoms with van der Waals surface area (Å²) in [6, 6.07) is 13.7. The molecule has 0 aliphatic rings. The number of hydrogen-bond donors (Lipinski definition) is 0. The minimum atomic E-state index is -0.426. The van der Waals surface area contributed by atoms with Gasteiger partial charge in [0.25, 0.3) is 5.69 Å². The summed E-state index contributed by atoms with van der Waals surface area (Å²) in [4.78, 5) is 24.5. The van der Waals surface area contributed by atoms with Gasteiger partial charge in [0.05, 0.1) is 4.92 Å². The first-order valence-corrected chi connectivity index (χ1v) is 8.57. The van der Waals surface area contributed by atoms with Crippen molar-refractivity contribution in [1.82, 2.24) is 0 Å². The standard InChI is InChI=1S/C20H20N2O4/c1-3-21(4-2)17-9-10-18-15(12-20(23)26-19(18)13-17)11-14-5-7-16(8-6-14)22(24)25/h5-10,12-13H,3-4,11H2,1-2H3. The van der Waals surface area contributed by atoms with Crippen molar-refractivity contribution in [3.05, 3.63) is 80.2 Å². The summed E-state index contributed by atoms with van der Waals surface area (Å²) in [5.41, 5.74) is 2.96. The monoisotopic (exact) mass is 352 g/mol. The molecule has 0 spiro atoms. The maximum Gasteiger partial charge on any atom is 0.336 e.